The van der Waals surface area contributed by atoms with Crippen molar-refractivity contribution in [1.29, 1.82) is 0 Å². The lowest BCUT2D eigenvalue weighted by Gasteiger charge is -2.13. The summed E-state index contributed by atoms with van der Waals surface area (Å²) in [5.74, 6) is 0.703. The van der Waals surface area contributed by atoms with Gasteiger partial charge in [-0.25, -0.2) is 0 Å². The minimum atomic E-state index is 0.125. The van der Waals surface area contributed by atoms with Gasteiger partial charge in [0.25, 0.3) is 0 Å². The number of hydrogen-bond acceptors (Lipinski definition) is 4. The second kappa shape index (κ2) is 5.59. The molecule has 0 unspecified atom stereocenters. The Hall–Kier alpha value is -1.26. The summed E-state index contributed by atoms with van der Waals surface area (Å²) in [5, 5.41) is 22.1. The third kappa shape index (κ3) is 3.15. The largest absolute Gasteiger partial charge is 0.504 e. The number of aliphatic hydroxyl groups is 1. The Kier molecular flexibility index (Phi) is 4.09. The van der Waals surface area contributed by atoms with Gasteiger partial charge in [0.2, 0.25) is 0 Å². The van der Waals surface area contributed by atoms with E-state index in [1.807, 2.05) is 19.1 Å². The second-order valence-electron chi connectivity index (χ2n) is 5.00. The van der Waals surface area contributed by atoms with Crippen LogP contribution in [0.15, 0.2) is 18.2 Å². The minimum Gasteiger partial charge on any atom is -0.504 e. The van der Waals surface area contributed by atoms with E-state index in [0.717, 1.165) is 31.5 Å². The van der Waals surface area contributed by atoms with Crippen molar-refractivity contribution in [2.75, 3.05) is 19.8 Å². The highest BCUT2D eigenvalue weighted by molar-refractivity contribution is 5.41. The number of aromatic hydroxyl groups is 1. The van der Waals surface area contributed by atoms with E-state index in [1.165, 1.54) is 0 Å². The van der Waals surface area contributed by atoms with Crippen LogP contribution in [-0.2, 0) is 6.54 Å². The SMILES string of the molecule is CCOc1cc(CNCC2(CO)CC2)ccc1O. The molecule has 4 nitrogen and oxygen atoms in total. The maximum Gasteiger partial charge on any atom is 0.161 e. The van der Waals surface area contributed by atoms with Gasteiger partial charge < -0.3 is 20.3 Å². The Morgan fingerprint density at radius 2 is 2.17 bits per heavy atom. The Balaban J connectivity index is 1.87. The van der Waals surface area contributed by atoms with Crippen LogP contribution in [0.3, 0.4) is 0 Å². The molecule has 0 heterocycles. The fourth-order valence-corrected chi connectivity index (χ4v) is 1.98. The van der Waals surface area contributed by atoms with Crippen molar-refractivity contribution in [2.45, 2.75) is 26.3 Å². The maximum absolute atomic E-state index is 9.59. The number of hydrogen-bond donors (Lipinski definition) is 3. The van der Waals surface area contributed by atoms with E-state index in [0.29, 0.717) is 12.4 Å². The van der Waals surface area contributed by atoms with Crippen LogP contribution < -0.4 is 10.1 Å². The summed E-state index contributed by atoms with van der Waals surface area (Å²) < 4.78 is 5.34. The summed E-state index contributed by atoms with van der Waals surface area (Å²) in [5.41, 5.74) is 1.20. The molecule has 1 aliphatic rings. The number of ether oxygens (including phenoxy) is 1. The van der Waals surface area contributed by atoms with E-state index in [9.17, 15) is 10.2 Å². The molecule has 1 aliphatic carbocycles. The number of phenols is 1. The van der Waals surface area contributed by atoms with Crippen molar-refractivity contribution < 1.29 is 14.9 Å². The van der Waals surface area contributed by atoms with E-state index in [1.54, 1.807) is 6.07 Å². The van der Waals surface area contributed by atoms with Crippen LogP contribution in [0.25, 0.3) is 0 Å². The number of aliphatic hydroxyl groups excluding tert-OH is 1. The minimum absolute atomic E-state index is 0.125. The summed E-state index contributed by atoms with van der Waals surface area (Å²) in [6, 6.07) is 5.38. The van der Waals surface area contributed by atoms with Crippen molar-refractivity contribution in [3.05, 3.63) is 23.8 Å². The third-order valence-corrected chi connectivity index (χ3v) is 3.45. The first kappa shape index (κ1) is 13.2. The number of benzene rings is 1. The summed E-state index contributed by atoms with van der Waals surface area (Å²) in [6.07, 6.45) is 2.21. The molecule has 0 aliphatic heterocycles. The zero-order valence-electron chi connectivity index (χ0n) is 10.8. The molecule has 0 spiro atoms. The molecule has 100 valence electrons. The van der Waals surface area contributed by atoms with E-state index < -0.39 is 0 Å². The monoisotopic (exact) mass is 251 g/mol. The zero-order chi connectivity index (χ0) is 13.0. The standard InChI is InChI=1S/C14H21NO3/c1-2-18-13-7-11(3-4-12(13)17)8-15-9-14(10-16)5-6-14/h3-4,7,15-17H,2,5-6,8-10H2,1H3. The molecule has 0 radical (unpaired) electrons. The van der Waals surface area contributed by atoms with E-state index in [4.69, 9.17) is 4.74 Å². The quantitative estimate of drug-likeness (QED) is 0.689. The second-order valence-corrected chi connectivity index (χ2v) is 5.00. The molecular formula is C14H21NO3. The Labute approximate surface area is 108 Å². The number of phenolic OH excluding ortho intramolecular Hbond substituents is 1. The van der Waals surface area contributed by atoms with E-state index in [-0.39, 0.29) is 17.8 Å². The first-order chi connectivity index (χ1) is 8.69. The molecule has 1 saturated carbocycles. The van der Waals surface area contributed by atoms with Crippen molar-refractivity contribution >= 4 is 0 Å². The highest BCUT2D eigenvalue weighted by Gasteiger charge is 2.41. The Morgan fingerprint density at radius 3 is 2.78 bits per heavy atom. The zero-order valence-corrected chi connectivity index (χ0v) is 10.8. The Morgan fingerprint density at radius 1 is 1.39 bits per heavy atom. The van der Waals surface area contributed by atoms with Crippen LogP contribution in [0.2, 0.25) is 0 Å². The summed E-state index contributed by atoms with van der Waals surface area (Å²) in [7, 11) is 0. The smallest absolute Gasteiger partial charge is 0.161 e. The number of nitrogens with one attached hydrogen (secondary N) is 1. The molecule has 0 saturated heterocycles. The summed E-state index contributed by atoms with van der Waals surface area (Å²) in [6.45, 7) is 4.26. The molecule has 18 heavy (non-hydrogen) atoms. The van der Waals surface area contributed by atoms with Crippen LogP contribution in [0.4, 0.5) is 0 Å². The van der Waals surface area contributed by atoms with Gasteiger partial charge in [-0.15, -0.1) is 0 Å². The van der Waals surface area contributed by atoms with Crippen molar-refractivity contribution in [1.82, 2.24) is 5.32 Å². The average Bonchev–Trinajstić information content (AvgIpc) is 3.14. The van der Waals surface area contributed by atoms with Gasteiger partial charge in [0, 0.05) is 25.1 Å². The first-order valence-electron chi connectivity index (χ1n) is 6.45. The molecule has 4 heteroatoms. The van der Waals surface area contributed by atoms with Gasteiger partial charge in [-0.2, -0.15) is 0 Å². The molecule has 0 bridgehead atoms. The van der Waals surface area contributed by atoms with Gasteiger partial charge in [0.1, 0.15) is 0 Å². The molecule has 1 aromatic carbocycles. The number of rotatable bonds is 7. The maximum atomic E-state index is 9.59. The predicted molar refractivity (Wildman–Crippen MR) is 69.7 cm³/mol. The highest BCUT2D eigenvalue weighted by atomic mass is 16.5. The third-order valence-electron chi connectivity index (χ3n) is 3.45. The molecule has 0 amide bonds. The molecule has 1 fully saturated rings. The van der Waals surface area contributed by atoms with Crippen LogP contribution >= 0.6 is 0 Å². The van der Waals surface area contributed by atoms with Crippen LogP contribution in [0.5, 0.6) is 11.5 Å². The lowest BCUT2D eigenvalue weighted by molar-refractivity contribution is 0.207. The van der Waals surface area contributed by atoms with Gasteiger partial charge in [0.05, 0.1) is 6.61 Å². The van der Waals surface area contributed by atoms with Gasteiger partial charge >= 0.3 is 0 Å². The summed E-state index contributed by atoms with van der Waals surface area (Å²) >= 11 is 0. The average molecular weight is 251 g/mol. The van der Waals surface area contributed by atoms with E-state index >= 15 is 0 Å². The van der Waals surface area contributed by atoms with Gasteiger partial charge in [-0.05, 0) is 37.5 Å². The van der Waals surface area contributed by atoms with Crippen LogP contribution in [0, 0.1) is 5.41 Å². The van der Waals surface area contributed by atoms with Crippen LogP contribution in [-0.4, -0.2) is 30.0 Å². The first-order valence-corrected chi connectivity index (χ1v) is 6.45. The van der Waals surface area contributed by atoms with Crippen LogP contribution in [0.1, 0.15) is 25.3 Å². The molecule has 2 rings (SSSR count). The normalized spacial score (nSPS) is 16.6. The lowest BCUT2D eigenvalue weighted by Crippen LogP contribution is -2.26. The predicted octanol–water partition coefficient (Wildman–Crippen LogP) is 1.65. The molecular weight excluding hydrogens is 230 g/mol. The highest BCUT2D eigenvalue weighted by Crippen LogP contribution is 2.44. The lowest BCUT2D eigenvalue weighted by atomic mass is 10.1. The van der Waals surface area contributed by atoms with Crippen molar-refractivity contribution in [3.8, 4) is 11.5 Å². The Bertz CT molecular complexity index is 402. The van der Waals surface area contributed by atoms with Gasteiger partial charge in [-0.3, -0.25) is 0 Å². The molecule has 0 aromatic heterocycles. The van der Waals surface area contributed by atoms with E-state index in [2.05, 4.69) is 5.32 Å². The summed E-state index contributed by atoms with van der Waals surface area (Å²) in [4.78, 5) is 0. The van der Waals surface area contributed by atoms with Gasteiger partial charge in [-0.1, -0.05) is 6.07 Å². The fraction of sp³-hybridized carbons (Fsp3) is 0.571. The topological polar surface area (TPSA) is 61.7 Å². The molecule has 1 aromatic rings. The fourth-order valence-electron chi connectivity index (χ4n) is 1.98. The van der Waals surface area contributed by atoms with Gasteiger partial charge in [0.15, 0.2) is 11.5 Å². The molecule has 0 atom stereocenters. The molecule has 3 N–H and O–H groups in total. The van der Waals surface area contributed by atoms with Crippen molar-refractivity contribution in [3.63, 3.8) is 0 Å². The van der Waals surface area contributed by atoms with Crippen molar-refractivity contribution in [2.24, 2.45) is 5.41 Å².